The Balaban J connectivity index is 1.84. The highest BCUT2D eigenvalue weighted by molar-refractivity contribution is 7.08. The maximum Gasteiger partial charge on any atom is 0.247 e. The second-order valence-electron chi connectivity index (χ2n) is 5.07. The van der Waals surface area contributed by atoms with Crippen LogP contribution < -0.4 is 5.32 Å². The van der Waals surface area contributed by atoms with Gasteiger partial charge in [0.25, 0.3) is 0 Å². The molecule has 0 radical (unpaired) electrons. The molecule has 22 heavy (non-hydrogen) atoms. The molecule has 1 aromatic heterocycles. The summed E-state index contributed by atoms with van der Waals surface area (Å²) in [7, 11) is 0. The van der Waals surface area contributed by atoms with E-state index in [4.69, 9.17) is 16.3 Å². The fraction of sp³-hybridized carbons (Fsp3) is 0.235. The fourth-order valence-electron chi connectivity index (χ4n) is 2.41. The molecule has 0 spiro atoms. The van der Waals surface area contributed by atoms with Crippen LogP contribution in [0.4, 0.5) is 0 Å². The average Bonchev–Trinajstić information content (AvgIpc) is 3.08. The molecule has 1 unspecified atom stereocenters. The van der Waals surface area contributed by atoms with E-state index in [9.17, 15) is 4.79 Å². The molecule has 1 aliphatic heterocycles. The van der Waals surface area contributed by atoms with Crippen LogP contribution in [0.1, 0.15) is 23.6 Å². The van der Waals surface area contributed by atoms with Gasteiger partial charge in [-0.05, 0) is 40.1 Å². The van der Waals surface area contributed by atoms with Crippen LogP contribution in [0.3, 0.4) is 0 Å². The Labute approximate surface area is 138 Å². The van der Waals surface area contributed by atoms with E-state index >= 15 is 0 Å². The van der Waals surface area contributed by atoms with Gasteiger partial charge in [0.15, 0.2) is 0 Å². The molecule has 1 amide bonds. The zero-order chi connectivity index (χ0) is 15.4. The summed E-state index contributed by atoms with van der Waals surface area (Å²) in [6.07, 6.45) is 2.51. The highest BCUT2D eigenvalue weighted by Gasteiger charge is 2.20. The van der Waals surface area contributed by atoms with Crippen molar-refractivity contribution in [1.82, 2.24) is 5.32 Å². The quantitative estimate of drug-likeness (QED) is 0.920. The number of halogens is 1. The number of rotatable bonds is 4. The van der Waals surface area contributed by atoms with Crippen molar-refractivity contribution < 1.29 is 9.53 Å². The summed E-state index contributed by atoms with van der Waals surface area (Å²) < 4.78 is 5.26. The van der Waals surface area contributed by atoms with Crippen LogP contribution in [0.25, 0.3) is 0 Å². The summed E-state index contributed by atoms with van der Waals surface area (Å²) in [6, 6.07) is 9.45. The van der Waals surface area contributed by atoms with Crippen molar-refractivity contribution in [3.05, 3.63) is 68.9 Å². The zero-order valence-electron chi connectivity index (χ0n) is 11.9. The number of carbonyl (C=O) groups is 1. The predicted octanol–water partition coefficient (Wildman–Crippen LogP) is 3.95. The highest BCUT2D eigenvalue weighted by Crippen LogP contribution is 2.26. The lowest BCUT2D eigenvalue weighted by Crippen LogP contribution is -2.31. The maximum atomic E-state index is 12.5. The number of thiophene rings is 1. The molecule has 1 atom stereocenters. The minimum Gasteiger partial charge on any atom is -0.377 e. The molecule has 3 nitrogen and oxygen atoms in total. The second kappa shape index (κ2) is 7.09. The van der Waals surface area contributed by atoms with Crippen molar-refractivity contribution in [1.29, 1.82) is 0 Å². The van der Waals surface area contributed by atoms with E-state index in [1.807, 2.05) is 41.8 Å². The van der Waals surface area contributed by atoms with Crippen LogP contribution in [-0.2, 0) is 9.53 Å². The van der Waals surface area contributed by atoms with Gasteiger partial charge in [-0.15, -0.1) is 0 Å². The third-order valence-electron chi connectivity index (χ3n) is 3.61. The Morgan fingerprint density at radius 3 is 2.68 bits per heavy atom. The molecule has 1 N–H and O–H groups in total. The molecule has 1 aromatic carbocycles. The minimum atomic E-state index is -0.167. The number of hydrogen-bond donors (Lipinski definition) is 1. The molecule has 0 aliphatic carbocycles. The first kappa shape index (κ1) is 15.3. The summed E-state index contributed by atoms with van der Waals surface area (Å²) in [5.41, 5.74) is 2.89. The van der Waals surface area contributed by atoms with Crippen LogP contribution in [0.5, 0.6) is 0 Å². The fourth-order valence-corrected chi connectivity index (χ4v) is 3.22. The van der Waals surface area contributed by atoms with Gasteiger partial charge in [-0.1, -0.05) is 29.8 Å². The first-order chi connectivity index (χ1) is 10.7. The normalized spacial score (nSPS) is 16.0. The number of nitrogens with one attached hydrogen (secondary N) is 1. The molecule has 2 aromatic rings. The Hall–Kier alpha value is -1.62. The molecule has 2 heterocycles. The van der Waals surface area contributed by atoms with Crippen molar-refractivity contribution in [2.45, 2.75) is 12.5 Å². The molecule has 0 fully saturated rings. The molecule has 3 rings (SSSR count). The number of benzene rings is 1. The third-order valence-corrected chi connectivity index (χ3v) is 4.56. The molecular formula is C17H16ClNO2S. The standard InChI is InChI=1S/C17H16ClNO2S/c18-15-3-1-12(2-4-15)16(14-7-10-22-11-14)19-17(20)13-5-8-21-9-6-13/h1-5,7,10-11,16H,6,8-9H2,(H,19,20). The van der Waals surface area contributed by atoms with E-state index in [1.165, 1.54) is 0 Å². The molecule has 5 heteroatoms. The van der Waals surface area contributed by atoms with Crippen molar-refractivity contribution in [2.75, 3.05) is 13.2 Å². The van der Waals surface area contributed by atoms with Crippen LogP contribution >= 0.6 is 22.9 Å². The van der Waals surface area contributed by atoms with Crippen LogP contribution in [0.15, 0.2) is 52.7 Å². The van der Waals surface area contributed by atoms with Crippen LogP contribution in [-0.4, -0.2) is 19.1 Å². The largest absolute Gasteiger partial charge is 0.377 e. The van der Waals surface area contributed by atoms with Gasteiger partial charge in [0.1, 0.15) is 0 Å². The van der Waals surface area contributed by atoms with E-state index in [0.29, 0.717) is 24.7 Å². The Morgan fingerprint density at radius 1 is 1.23 bits per heavy atom. The number of carbonyl (C=O) groups excluding carboxylic acids is 1. The summed E-state index contributed by atoms with van der Waals surface area (Å²) in [6.45, 7) is 1.11. The smallest absolute Gasteiger partial charge is 0.247 e. The van der Waals surface area contributed by atoms with Gasteiger partial charge >= 0.3 is 0 Å². The van der Waals surface area contributed by atoms with Crippen LogP contribution in [0.2, 0.25) is 5.02 Å². The first-order valence-corrected chi connectivity index (χ1v) is 8.41. The van der Waals surface area contributed by atoms with Gasteiger partial charge in [0, 0.05) is 17.0 Å². The zero-order valence-corrected chi connectivity index (χ0v) is 13.5. The number of hydrogen-bond acceptors (Lipinski definition) is 3. The van der Waals surface area contributed by atoms with E-state index < -0.39 is 0 Å². The van der Waals surface area contributed by atoms with Gasteiger partial charge in [0.05, 0.1) is 19.3 Å². The average molecular weight is 334 g/mol. The maximum absolute atomic E-state index is 12.5. The lowest BCUT2D eigenvalue weighted by Gasteiger charge is -2.21. The Kier molecular flexibility index (Phi) is 4.93. The molecule has 0 bridgehead atoms. The lowest BCUT2D eigenvalue weighted by molar-refractivity contribution is -0.118. The van der Waals surface area contributed by atoms with Gasteiger partial charge in [-0.25, -0.2) is 0 Å². The highest BCUT2D eigenvalue weighted by atomic mass is 35.5. The van der Waals surface area contributed by atoms with Gasteiger partial charge in [-0.2, -0.15) is 11.3 Å². The summed E-state index contributed by atoms with van der Waals surface area (Å²) in [4.78, 5) is 12.5. The van der Waals surface area contributed by atoms with E-state index in [0.717, 1.165) is 16.7 Å². The number of ether oxygens (including phenoxy) is 1. The molecule has 0 saturated carbocycles. The second-order valence-corrected chi connectivity index (χ2v) is 6.29. The van der Waals surface area contributed by atoms with Gasteiger partial charge in [-0.3, -0.25) is 4.79 Å². The summed E-state index contributed by atoms with van der Waals surface area (Å²) in [5, 5.41) is 7.88. The predicted molar refractivity (Wildman–Crippen MR) is 89.3 cm³/mol. The monoisotopic (exact) mass is 333 g/mol. The van der Waals surface area contributed by atoms with Crippen molar-refractivity contribution >= 4 is 28.8 Å². The minimum absolute atomic E-state index is 0.0329. The topological polar surface area (TPSA) is 38.3 Å². The van der Waals surface area contributed by atoms with Gasteiger partial charge < -0.3 is 10.1 Å². The Morgan fingerprint density at radius 2 is 2.05 bits per heavy atom. The molecule has 1 aliphatic rings. The van der Waals surface area contributed by atoms with Crippen molar-refractivity contribution in [3.8, 4) is 0 Å². The SMILES string of the molecule is O=C(NC(c1ccc(Cl)cc1)c1ccsc1)C1=CCOCC1. The molecule has 114 valence electrons. The first-order valence-electron chi connectivity index (χ1n) is 7.09. The third kappa shape index (κ3) is 3.58. The molecular weight excluding hydrogens is 318 g/mol. The molecule has 0 saturated heterocycles. The summed E-state index contributed by atoms with van der Waals surface area (Å²) in [5.74, 6) is -0.0329. The van der Waals surface area contributed by atoms with Crippen molar-refractivity contribution in [2.24, 2.45) is 0 Å². The number of amides is 1. The lowest BCUT2D eigenvalue weighted by atomic mass is 10.0. The Bertz CT molecular complexity index is 664. The van der Waals surface area contributed by atoms with Gasteiger partial charge in [0.2, 0.25) is 5.91 Å². The summed E-state index contributed by atoms with van der Waals surface area (Å²) >= 11 is 7.58. The van der Waals surface area contributed by atoms with E-state index in [2.05, 4.69) is 10.7 Å². The van der Waals surface area contributed by atoms with E-state index in [-0.39, 0.29) is 11.9 Å². The van der Waals surface area contributed by atoms with Crippen molar-refractivity contribution in [3.63, 3.8) is 0 Å². The van der Waals surface area contributed by atoms with Crippen LogP contribution in [0, 0.1) is 0 Å². The van der Waals surface area contributed by atoms with E-state index in [1.54, 1.807) is 11.3 Å².